The zero-order valence-corrected chi connectivity index (χ0v) is 14.8. The van der Waals surface area contributed by atoms with Gasteiger partial charge in [0, 0.05) is 17.8 Å². The lowest BCUT2D eigenvalue weighted by Gasteiger charge is -2.24. The van der Waals surface area contributed by atoms with Gasteiger partial charge < -0.3 is 9.47 Å². The second kappa shape index (κ2) is 7.95. The normalized spacial score (nSPS) is 13.5. The molecule has 0 aromatic heterocycles. The molecule has 0 amide bonds. The maximum absolute atomic E-state index is 12.4. The summed E-state index contributed by atoms with van der Waals surface area (Å²) in [5, 5.41) is 6.48. The monoisotopic (exact) mass is 355 g/mol. The quantitative estimate of drug-likeness (QED) is 0.552. The van der Waals surface area contributed by atoms with Crippen molar-refractivity contribution in [2.45, 2.75) is 32.7 Å². The Morgan fingerprint density at radius 3 is 2.58 bits per heavy atom. The predicted octanol–water partition coefficient (Wildman–Crippen LogP) is 4.14. The molecule has 0 saturated heterocycles. The van der Waals surface area contributed by atoms with Crippen molar-refractivity contribution in [3.63, 3.8) is 0 Å². The molecule has 0 N–H and O–H groups in total. The van der Waals surface area contributed by atoms with E-state index in [9.17, 15) is 9.59 Å². The first-order chi connectivity index (χ1) is 12.6. The summed E-state index contributed by atoms with van der Waals surface area (Å²) in [6.07, 6.45) is 0.299. The van der Waals surface area contributed by atoms with E-state index < -0.39 is 12.0 Å². The van der Waals surface area contributed by atoms with Crippen molar-refractivity contribution in [2.75, 3.05) is 13.2 Å². The number of esters is 2. The van der Waals surface area contributed by atoms with Crippen molar-refractivity contribution in [3.05, 3.63) is 41.8 Å². The molecule has 26 heavy (non-hydrogen) atoms. The molecule has 3 rings (SSSR count). The average Bonchev–Trinajstić information content (AvgIpc) is 2.63. The van der Waals surface area contributed by atoms with Gasteiger partial charge in [-0.25, -0.2) is 4.79 Å². The number of hydrogen-bond donors (Lipinski definition) is 0. The summed E-state index contributed by atoms with van der Waals surface area (Å²) in [6, 6.07) is 10.8. The Labute approximate surface area is 151 Å². The topological polar surface area (TPSA) is 82.1 Å². The SMILES string of the molecule is CCOC(=O)CCC(C(=O)OCC)[N+]1=Nc2cccc3cccc(c23)[N-]1. The van der Waals surface area contributed by atoms with Crippen LogP contribution in [0.3, 0.4) is 0 Å². The third-order valence-electron chi connectivity index (χ3n) is 4.05. The molecular weight excluding hydrogens is 334 g/mol. The lowest BCUT2D eigenvalue weighted by atomic mass is 10.1. The summed E-state index contributed by atoms with van der Waals surface area (Å²) in [5.41, 5.74) is 5.97. The van der Waals surface area contributed by atoms with Crippen LogP contribution in [0.4, 0.5) is 11.4 Å². The minimum absolute atomic E-state index is 0.0880. The van der Waals surface area contributed by atoms with Gasteiger partial charge in [-0.15, -0.1) is 4.81 Å². The third kappa shape index (κ3) is 3.66. The third-order valence-corrected chi connectivity index (χ3v) is 4.05. The number of azo groups is 1. The van der Waals surface area contributed by atoms with Crippen LogP contribution in [0.1, 0.15) is 26.7 Å². The van der Waals surface area contributed by atoms with Gasteiger partial charge in [0.15, 0.2) is 0 Å². The van der Waals surface area contributed by atoms with Crippen molar-refractivity contribution in [2.24, 2.45) is 5.11 Å². The summed E-state index contributed by atoms with van der Waals surface area (Å²) >= 11 is 0. The van der Waals surface area contributed by atoms with Gasteiger partial charge in [-0.2, -0.15) is 10.5 Å². The molecule has 0 spiro atoms. The first-order valence-corrected chi connectivity index (χ1v) is 8.70. The number of ether oxygens (including phenoxy) is 2. The van der Waals surface area contributed by atoms with Crippen LogP contribution in [0.5, 0.6) is 0 Å². The van der Waals surface area contributed by atoms with Crippen LogP contribution in [0, 0.1) is 0 Å². The first-order valence-electron chi connectivity index (χ1n) is 8.70. The average molecular weight is 355 g/mol. The van der Waals surface area contributed by atoms with E-state index in [2.05, 4.69) is 10.5 Å². The van der Waals surface area contributed by atoms with Gasteiger partial charge in [-0.3, -0.25) is 4.79 Å². The Balaban J connectivity index is 1.91. The molecule has 1 aliphatic rings. The smallest absolute Gasteiger partial charge is 0.377 e. The van der Waals surface area contributed by atoms with Crippen molar-refractivity contribution in [3.8, 4) is 0 Å². The van der Waals surface area contributed by atoms with E-state index in [-0.39, 0.29) is 25.4 Å². The molecule has 0 radical (unpaired) electrons. The molecule has 136 valence electrons. The number of rotatable bonds is 7. The van der Waals surface area contributed by atoms with Gasteiger partial charge in [-0.05, 0) is 24.6 Å². The Bertz CT molecular complexity index is 858. The van der Waals surface area contributed by atoms with E-state index in [0.29, 0.717) is 6.61 Å². The van der Waals surface area contributed by atoms with E-state index in [1.165, 1.54) is 4.81 Å². The lowest BCUT2D eigenvalue weighted by molar-refractivity contribution is -0.566. The van der Waals surface area contributed by atoms with Crippen molar-refractivity contribution >= 4 is 34.1 Å². The second-order valence-corrected chi connectivity index (χ2v) is 5.78. The van der Waals surface area contributed by atoms with Gasteiger partial charge in [0.05, 0.1) is 19.6 Å². The number of carbonyl (C=O) groups is 2. The van der Waals surface area contributed by atoms with E-state index in [1.54, 1.807) is 13.8 Å². The summed E-state index contributed by atoms with van der Waals surface area (Å²) in [7, 11) is 0. The molecular formula is C19H21N3O4. The number of carbonyl (C=O) groups excluding carboxylic acids is 2. The van der Waals surface area contributed by atoms with E-state index in [0.717, 1.165) is 22.1 Å². The molecule has 0 aliphatic carbocycles. The van der Waals surface area contributed by atoms with E-state index in [4.69, 9.17) is 9.47 Å². The molecule has 2 aromatic carbocycles. The second-order valence-electron chi connectivity index (χ2n) is 5.78. The summed E-state index contributed by atoms with van der Waals surface area (Å²) in [4.78, 5) is 25.5. The number of nitrogens with zero attached hydrogens (tertiary/aromatic N) is 3. The van der Waals surface area contributed by atoms with E-state index >= 15 is 0 Å². The zero-order chi connectivity index (χ0) is 18.5. The van der Waals surface area contributed by atoms with Gasteiger partial charge in [0.1, 0.15) is 0 Å². The Kier molecular flexibility index (Phi) is 5.46. The molecule has 1 unspecified atom stereocenters. The maximum atomic E-state index is 12.4. The Hall–Kier alpha value is -2.96. The van der Waals surface area contributed by atoms with Crippen LogP contribution >= 0.6 is 0 Å². The first kappa shape index (κ1) is 17.8. The van der Waals surface area contributed by atoms with Gasteiger partial charge in [-0.1, -0.05) is 36.4 Å². The molecule has 0 bridgehead atoms. The van der Waals surface area contributed by atoms with Crippen LogP contribution in [0.15, 0.2) is 41.5 Å². The highest BCUT2D eigenvalue weighted by molar-refractivity contribution is 6.02. The molecule has 7 nitrogen and oxygen atoms in total. The van der Waals surface area contributed by atoms with Gasteiger partial charge in [0.25, 0.3) is 6.04 Å². The number of hydrogen-bond acceptors (Lipinski definition) is 5. The number of benzene rings is 2. The van der Waals surface area contributed by atoms with Crippen LogP contribution in [0.25, 0.3) is 16.2 Å². The molecule has 2 aromatic rings. The minimum Gasteiger partial charge on any atom is -0.466 e. The fourth-order valence-corrected chi connectivity index (χ4v) is 2.90. The lowest BCUT2D eigenvalue weighted by Crippen LogP contribution is -2.33. The van der Waals surface area contributed by atoms with Crippen LogP contribution in [0.2, 0.25) is 0 Å². The summed E-state index contributed by atoms with van der Waals surface area (Å²) in [5.74, 6) is -0.822. The highest BCUT2D eigenvalue weighted by Gasteiger charge is 2.32. The van der Waals surface area contributed by atoms with Crippen LogP contribution in [-0.4, -0.2) is 36.0 Å². The highest BCUT2D eigenvalue weighted by atomic mass is 16.5. The van der Waals surface area contributed by atoms with Crippen molar-refractivity contribution in [1.82, 2.24) is 0 Å². The van der Waals surface area contributed by atoms with Gasteiger partial charge in [0.2, 0.25) is 0 Å². The largest absolute Gasteiger partial charge is 0.466 e. The fourth-order valence-electron chi connectivity index (χ4n) is 2.90. The predicted molar refractivity (Wildman–Crippen MR) is 95.6 cm³/mol. The van der Waals surface area contributed by atoms with Crippen molar-refractivity contribution < 1.29 is 23.9 Å². The minimum atomic E-state index is -0.789. The zero-order valence-electron chi connectivity index (χ0n) is 14.8. The molecule has 1 heterocycles. The molecule has 1 aliphatic heterocycles. The van der Waals surface area contributed by atoms with Gasteiger partial charge >= 0.3 is 11.9 Å². The maximum Gasteiger partial charge on any atom is 0.377 e. The standard InChI is InChI=1S/C19H21N3O4/c1-3-25-17(23)12-11-16(19(24)26-4-2)22-20-14-9-5-7-13-8-6-10-15(21-22)18(13)14/h5-10,16H,3-4,11-12H2,1-2H3. The van der Waals surface area contributed by atoms with Crippen LogP contribution < -0.4 is 0 Å². The molecule has 0 fully saturated rings. The Morgan fingerprint density at radius 2 is 1.85 bits per heavy atom. The summed E-state index contributed by atoms with van der Waals surface area (Å²) in [6.45, 7) is 4.03. The van der Waals surface area contributed by atoms with E-state index in [1.807, 2.05) is 36.4 Å². The molecule has 7 heteroatoms. The fraction of sp³-hybridized carbons (Fsp3) is 0.368. The Morgan fingerprint density at radius 1 is 1.12 bits per heavy atom. The highest BCUT2D eigenvalue weighted by Crippen LogP contribution is 2.41. The van der Waals surface area contributed by atoms with Crippen molar-refractivity contribution in [1.29, 1.82) is 0 Å². The summed E-state index contributed by atoms with van der Waals surface area (Å²) < 4.78 is 10.1. The molecule has 0 saturated carbocycles. The van der Waals surface area contributed by atoms with Crippen LogP contribution in [-0.2, 0) is 19.1 Å². The molecule has 1 atom stereocenters.